The Kier molecular flexibility index (Phi) is 1.93. The number of rotatable bonds is 1. The Balaban J connectivity index is 2.22. The summed E-state index contributed by atoms with van der Waals surface area (Å²) in [7, 11) is 0. The lowest BCUT2D eigenvalue weighted by Gasteiger charge is -1.97. The van der Waals surface area contributed by atoms with Crippen molar-refractivity contribution >= 4 is 22.5 Å². The van der Waals surface area contributed by atoms with Crippen molar-refractivity contribution in [2.75, 3.05) is 0 Å². The van der Waals surface area contributed by atoms with Crippen molar-refractivity contribution in [3.05, 3.63) is 42.0 Å². The first-order valence-electron chi connectivity index (χ1n) is 4.48. The number of aromatic nitrogens is 3. The number of hydrogen-bond acceptors (Lipinski definition) is 4. The minimum Gasteiger partial charge on any atom is -0.241 e. The molecule has 0 bridgehead atoms. The summed E-state index contributed by atoms with van der Waals surface area (Å²) in [6.45, 7) is 0. The molecule has 0 aromatic carbocycles. The highest BCUT2D eigenvalue weighted by molar-refractivity contribution is 7.13. The van der Waals surface area contributed by atoms with E-state index in [1.54, 1.807) is 17.5 Å². The van der Waals surface area contributed by atoms with Gasteiger partial charge in [0.05, 0.1) is 4.88 Å². The summed E-state index contributed by atoms with van der Waals surface area (Å²) in [5, 5.41) is 2.01. The molecule has 0 amide bonds. The van der Waals surface area contributed by atoms with Gasteiger partial charge in [0.2, 0.25) is 0 Å². The van der Waals surface area contributed by atoms with Gasteiger partial charge in [-0.2, -0.15) is 0 Å². The van der Waals surface area contributed by atoms with Gasteiger partial charge in [0.1, 0.15) is 17.4 Å². The quantitative estimate of drug-likeness (QED) is 0.622. The second-order valence-corrected chi connectivity index (χ2v) is 3.96. The number of nitrogens with zero attached hydrogens (tertiary/aromatic N) is 3. The second-order valence-electron chi connectivity index (χ2n) is 3.01. The van der Waals surface area contributed by atoms with E-state index in [9.17, 15) is 0 Å². The van der Waals surface area contributed by atoms with Gasteiger partial charge in [-0.1, -0.05) is 6.07 Å². The van der Waals surface area contributed by atoms with Gasteiger partial charge in [-0.15, -0.1) is 11.3 Å². The SMILES string of the molecule is [c]1nc2ncccc2nc1-c1cccs1. The van der Waals surface area contributed by atoms with E-state index in [1.807, 2.05) is 29.6 Å². The molecule has 0 aliphatic heterocycles. The van der Waals surface area contributed by atoms with Crippen LogP contribution in [0.3, 0.4) is 0 Å². The first kappa shape index (κ1) is 8.49. The molecule has 4 heteroatoms. The molecule has 0 atom stereocenters. The van der Waals surface area contributed by atoms with Gasteiger partial charge in [-0.05, 0) is 23.6 Å². The lowest BCUT2D eigenvalue weighted by molar-refractivity contribution is 1.22. The molecule has 0 N–H and O–H groups in total. The van der Waals surface area contributed by atoms with E-state index < -0.39 is 0 Å². The maximum atomic E-state index is 4.45. The van der Waals surface area contributed by atoms with E-state index in [-0.39, 0.29) is 0 Å². The molecule has 3 nitrogen and oxygen atoms in total. The van der Waals surface area contributed by atoms with Crippen molar-refractivity contribution in [2.45, 2.75) is 0 Å². The van der Waals surface area contributed by atoms with Crippen LogP contribution in [-0.4, -0.2) is 15.0 Å². The van der Waals surface area contributed by atoms with E-state index in [1.165, 1.54) is 0 Å². The van der Waals surface area contributed by atoms with E-state index in [2.05, 4.69) is 21.1 Å². The van der Waals surface area contributed by atoms with Crippen LogP contribution in [0.5, 0.6) is 0 Å². The number of pyridine rings is 1. The summed E-state index contributed by atoms with van der Waals surface area (Å²) >= 11 is 1.63. The van der Waals surface area contributed by atoms with Crippen LogP contribution in [0.25, 0.3) is 21.7 Å². The fourth-order valence-corrected chi connectivity index (χ4v) is 2.00. The van der Waals surface area contributed by atoms with Gasteiger partial charge in [-0.3, -0.25) is 0 Å². The molecule has 0 unspecified atom stereocenters. The van der Waals surface area contributed by atoms with Gasteiger partial charge >= 0.3 is 0 Å². The Morgan fingerprint density at radius 2 is 2.20 bits per heavy atom. The van der Waals surface area contributed by atoms with Crippen molar-refractivity contribution < 1.29 is 0 Å². The summed E-state index contributed by atoms with van der Waals surface area (Å²) in [6.07, 6.45) is 4.60. The Morgan fingerprint density at radius 1 is 1.20 bits per heavy atom. The lowest BCUT2D eigenvalue weighted by atomic mass is 10.3. The van der Waals surface area contributed by atoms with E-state index >= 15 is 0 Å². The van der Waals surface area contributed by atoms with Crippen LogP contribution in [0.2, 0.25) is 0 Å². The normalized spacial score (nSPS) is 10.7. The Labute approximate surface area is 90.5 Å². The van der Waals surface area contributed by atoms with E-state index in [0.717, 1.165) is 16.1 Å². The third kappa shape index (κ3) is 1.49. The van der Waals surface area contributed by atoms with Gasteiger partial charge in [0, 0.05) is 6.20 Å². The average molecular weight is 212 g/mol. The predicted octanol–water partition coefficient (Wildman–Crippen LogP) is 2.55. The topological polar surface area (TPSA) is 38.7 Å². The second kappa shape index (κ2) is 3.40. The molecule has 1 radical (unpaired) electrons. The predicted molar refractivity (Wildman–Crippen MR) is 59.5 cm³/mol. The molecule has 0 fully saturated rings. The summed E-state index contributed by atoms with van der Waals surface area (Å²) in [5.41, 5.74) is 2.22. The molecule has 0 aliphatic carbocycles. The number of thiophene rings is 1. The zero-order valence-electron chi connectivity index (χ0n) is 7.71. The fourth-order valence-electron chi connectivity index (χ4n) is 1.34. The first-order valence-corrected chi connectivity index (χ1v) is 5.36. The van der Waals surface area contributed by atoms with Crippen molar-refractivity contribution in [2.24, 2.45) is 0 Å². The maximum absolute atomic E-state index is 4.45. The lowest BCUT2D eigenvalue weighted by Crippen LogP contribution is -1.89. The van der Waals surface area contributed by atoms with E-state index in [0.29, 0.717) is 5.65 Å². The molecule has 3 aromatic heterocycles. The molecule has 0 spiro atoms. The Bertz CT molecular complexity index is 590. The zero-order valence-corrected chi connectivity index (χ0v) is 8.53. The standard InChI is InChI=1S/C11H6N3S/c1-3-8-11(12-5-1)13-7-9(14-8)10-4-2-6-15-10/h1-6H. The molecule has 15 heavy (non-hydrogen) atoms. The van der Waals surface area contributed by atoms with Crippen LogP contribution in [0, 0.1) is 6.20 Å². The first-order chi connectivity index (χ1) is 7.43. The van der Waals surface area contributed by atoms with Gasteiger partial charge in [-0.25, -0.2) is 15.0 Å². The van der Waals surface area contributed by atoms with Crippen LogP contribution >= 0.6 is 11.3 Å². The molecule has 3 heterocycles. The third-order valence-corrected chi connectivity index (χ3v) is 2.90. The highest BCUT2D eigenvalue weighted by Gasteiger charge is 2.03. The summed E-state index contributed by atoms with van der Waals surface area (Å²) in [4.78, 5) is 13.8. The molecule has 3 aromatic rings. The molecular formula is C11H6N3S. The van der Waals surface area contributed by atoms with E-state index in [4.69, 9.17) is 0 Å². The monoisotopic (exact) mass is 212 g/mol. The minimum absolute atomic E-state index is 0.637. The molecule has 71 valence electrons. The third-order valence-electron chi connectivity index (χ3n) is 2.02. The van der Waals surface area contributed by atoms with Crippen molar-refractivity contribution in [1.29, 1.82) is 0 Å². The highest BCUT2D eigenvalue weighted by atomic mass is 32.1. The summed E-state index contributed by atoms with van der Waals surface area (Å²) in [6, 6.07) is 7.76. The molecule has 0 aliphatic rings. The van der Waals surface area contributed by atoms with Crippen molar-refractivity contribution in [1.82, 2.24) is 15.0 Å². The van der Waals surface area contributed by atoms with Gasteiger partial charge < -0.3 is 0 Å². The highest BCUT2D eigenvalue weighted by Crippen LogP contribution is 2.22. The summed E-state index contributed by atoms with van der Waals surface area (Å²) in [5.74, 6) is 0. The Morgan fingerprint density at radius 3 is 3.07 bits per heavy atom. The largest absolute Gasteiger partial charge is 0.241 e. The van der Waals surface area contributed by atoms with Crippen LogP contribution in [0.4, 0.5) is 0 Å². The average Bonchev–Trinajstić information content (AvgIpc) is 2.82. The molecular weight excluding hydrogens is 206 g/mol. The van der Waals surface area contributed by atoms with Crippen LogP contribution < -0.4 is 0 Å². The van der Waals surface area contributed by atoms with Crippen LogP contribution in [0.15, 0.2) is 35.8 Å². The molecule has 0 saturated carbocycles. The van der Waals surface area contributed by atoms with Gasteiger partial charge in [0.25, 0.3) is 0 Å². The maximum Gasteiger partial charge on any atom is 0.178 e. The van der Waals surface area contributed by atoms with Crippen molar-refractivity contribution in [3.8, 4) is 10.6 Å². The molecule has 0 saturated heterocycles. The van der Waals surface area contributed by atoms with Gasteiger partial charge in [0.15, 0.2) is 5.65 Å². The zero-order chi connectivity index (χ0) is 10.1. The number of fused-ring (bicyclic) bond motifs is 1. The van der Waals surface area contributed by atoms with Crippen LogP contribution in [-0.2, 0) is 0 Å². The molecule has 3 rings (SSSR count). The smallest absolute Gasteiger partial charge is 0.178 e. The minimum atomic E-state index is 0.637. The van der Waals surface area contributed by atoms with Crippen LogP contribution in [0.1, 0.15) is 0 Å². The number of hydrogen-bond donors (Lipinski definition) is 0. The fraction of sp³-hybridized carbons (Fsp3) is 0. The van der Waals surface area contributed by atoms with Crippen molar-refractivity contribution in [3.63, 3.8) is 0 Å². The Hall–Kier alpha value is -1.81. The summed E-state index contributed by atoms with van der Waals surface area (Å²) < 4.78 is 0.